The van der Waals surface area contributed by atoms with Gasteiger partial charge in [-0.15, -0.1) is 0 Å². The fourth-order valence-corrected chi connectivity index (χ4v) is 3.53. The molecule has 2 heterocycles. The summed E-state index contributed by atoms with van der Waals surface area (Å²) in [7, 11) is 0. The molecule has 0 saturated carbocycles. The predicted molar refractivity (Wildman–Crippen MR) is 105 cm³/mol. The van der Waals surface area contributed by atoms with Gasteiger partial charge >= 0.3 is 5.97 Å². The van der Waals surface area contributed by atoms with Gasteiger partial charge in [-0.2, -0.15) is 0 Å². The molecule has 2 N–H and O–H groups in total. The van der Waals surface area contributed by atoms with Gasteiger partial charge in [0, 0.05) is 5.39 Å². The van der Waals surface area contributed by atoms with Crippen molar-refractivity contribution in [1.82, 2.24) is 4.98 Å². The Morgan fingerprint density at radius 2 is 2.04 bits per heavy atom. The first-order chi connectivity index (χ1) is 13.5. The smallest absolute Gasteiger partial charge is 0.339 e. The van der Waals surface area contributed by atoms with Gasteiger partial charge in [0.05, 0.1) is 23.0 Å². The summed E-state index contributed by atoms with van der Waals surface area (Å²) in [5.74, 6) is -0.497. The maximum Gasteiger partial charge on any atom is 0.339 e. The molecular formula is C22H20N2O4. The van der Waals surface area contributed by atoms with Crippen LogP contribution in [0.25, 0.3) is 22.6 Å². The number of nitrogens with zero attached hydrogens (tertiary/aromatic N) is 1. The fraction of sp³-hybridized carbons (Fsp3) is 0.227. The third-order valence-corrected chi connectivity index (χ3v) is 4.92. The number of nitrogens with two attached hydrogens (primary N) is 1. The number of primary amides is 1. The van der Waals surface area contributed by atoms with Crippen molar-refractivity contribution in [3.63, 3.8) is 0 Å². The van der Waals surface area contributed by atoms with E-state index in [1.165, 1.54) is 6.92 Å². The lowest BCUT2D eigenvalue weighted by Gasteiger charge is -2.22. The Balaban J connectivity index is 1.89. The molecule has 28 heavy (non-hydrogen) atoms. The summed E-state index contributed by atoms with van der Waals surface area (Å²) in [6.45, 7) is 1.47. The van der Waals surface area contributed by atoms with Crippen LogP contribution in [0.2, 0.25) is 0 Å². The van der Waals surface area contributed by atoms with Gasteiger partial charge in [0.1, 0.15) is 5.76 Å². The number of furan rings is 1. The van der Waals surface area contributed by atoms with Gasteiger partial charge in [0.2, 0.25) is 0 Å². The quantitative estimate of drug-likeness (QED) is 0.700. The summed E-state index contributed by atoms with van der Waals surface area (Å²) in [6, 6.07) is 11.2. The Hall–Kier alpha value is -3.41. The number of rotatable bonds is 4. The Labute approximate surface area is 162 Å². The zero-order valence-corrected chi connectivity index (χ0v) is 15.5. The maximum absolute atomic E-state index is 13.0. The third kappa shape index (κ3) is 3.29. The highest BCUT2D eigenvalue weighted by molar-refractivity contribution is 6.07. The second kappa shape index (κ2) is 7.31. The number of amides is 1. The van der Waals surface area contributed by atoms with Crippen LogP contribution in [0.15, 0.2) is 47.1 Å². The highest BCUT2D eigenvalue weighted by Crippen LogP contribution is 2.36. The average molecular weight is 376 g/mol. The van der Waals surface area contributed by atoms with E-state index in [4.69, 9.17) is 19.9 Å². The van der Waals surface area contributed by atoms with E-state index in [0.29, 0.717) is 22.9 Å². The van der Waals surface area contributed by atoms with Crippen LogP contribution < -0.4 is 5.73 Å². The second-order valence-electron chi connectivity index (χ2n) is 6.82. The number of carbonyl (C=O) groups is 2. The van der Waals surface area contributed by atoms with Gasteiger partial charge in [-0.25, -0.2) is 9.78 Å². The predicted octanol–water partition coefficient (Wildman–Crippen LogP) is 3.74. The Morgan fingerprint density at radius 3 is 2.79 bits per heavy atom. The van der Waals surface area contributed by atoms with Crippen LogP contribution in [-0.2, 0) is 16.0 Å². The maximum atomic E-state index is 13.0. The van der Waals surface area contributed by atoms with Crippen molar-refractivity contribution in [2.75, 3.05) is 0 Å². The number of para-hydroxylation sites is 1. The summed E-state index contributed by atoms with van der Waals surface area (Å²) in [5, 5.41) is 0.710. The van der Waals surface area contributed by atoms with Crippen LogP contribution in [0.3, 0.4) is 0 Å². The molecule has 0 spiro atoms. The topological polar surface area (TPSA) is 95.4 Å². The molecule has 0 aliphatic heterocycles. The summed E-state index contributed by atoms with van der Waals surface area (Å²) in [6.07, 6.45) is 5.00. The van der Waals surface area contributed by atoms with E-state index in [2.05, 4.69) is 0 Å². The van der Waals surface area contributed by atoms with E-state index in [0.717, 1.165) is 35.4 Å². The SMILES string of the molecule is CC(OC(=O)c1c2c(nc3ccccc13)C(=Cc1ccco1)CCC2)C(N)=O. The van der Waals surface area contributed by atoms with E-state index in [1.807, 2.05) is 42.5 Å². The number of ether oxygens (including phenoxy) is 1. The first kappa shape index (κ1) is 18.0. The molecule has 1 unspecified atom stereocenters. The number of esters is 1. The summed E-state index contributed by atoms with van der Waals surface area (Å²) >= 11 is 0. The van der Waals surface area contributed by atoms with Crippen LogP contribution in [0.4, 0.5) is 0 Å². The average Bonchev–Trinajstić information content (AvgIpc) is 3.19. The number of hydrogen-bond donors (Lipinski definition) is 1. The van der Waals surface area contributed by atoms with E-state index >= 15 is 0 Å². The zero-order chi connectivity index (χ0) is 19.7. The number of benzene rings is 1. The number of hydrogen-bond acceptors (Lipinski definition) is 5. The van der Waals surface area contributed by atoms with Crippen LogP contribution in [0.1, 0.15) is 47.1 Å². The molecule has 0 saturated heterocycles. The number of pyridine rings is 1. The van der Waals surface area contributed by atoms with Crippen molar-refractivity contribution in [3.05, 3.63) is 65.2 Å². The monoisotopic (exact) mass is 376 g/mol. The molecule has 1 amide bonds. The Morgan fingerprint density at radius 1 is 1.21 bits per heavy atom. The van der Waals surface area contributed by atoms with E-state index in [9.17, 15) is 9.59 Å². The number of aromatic nitrogens is 1. The van der Waals surface area contributed by atoms with Gasteiger partial charge in [-0.05, 0) is 61.6 Å². The lowest BCUT2D eigenvalue weighted by molar-refractivity contribution is -0.125. The van der Waals surface area contributed by atoms with Crippen molar-refractivity contribution in [2.24, 2.45) is 5.73 Å². The van der Waals surface area contributed by atoms with Crippen LogP contribution in [0, 0.1) is 0 Å². The Kier molecular flexibility index (Phi) is 4.69. The van der Waals surface area contributed by atoms with Gasteiger partial charge < -0.3 is 14.9 Å². The van der Waals surface area contributed by atoms with E-state index in [-0.39, 0.29) is 0 Å². The molecule has 4 rings (SSSR count). The standard InChI is InChI=1S/C22H20N2O4/c1-13(21(23)25)28-22(26)19-16-8-2-3-10-18(16)24-20-14(6-4-9-17(19)20)12-15-7-5-11-27-15/h2-3,5,7-8,10-13H,4,6,9H2,1H3,(H2,23,25). The van der Waals surface area contributed by atoms with Crippen molar-refractivity contribution in [1.29, 1.82) is 0 Å². The van der Waals surface area contributed by atoms with Gasteiger partial charge in [0.25, 0.3) is 5.91 Å². The minimum atomic E-state index is -1.00. The van der Waals surface area contributed by atoms with Crippen molar-refractivity contribution >= 4 is 34.4 Å². The molecule has 3 aromatic rings. The van der Waals surface area contributed by atoms with E-state index < -0.39 is 18.0 Å². The van der Waals surface area contributed by atoms with Crippen molar-refractivity contribution < 1.29 is 18.7 Å². The molecule has 1 aromatic carbocycles. The van der Waals surface area contributed by atoms with Crippen molar-refractivity contribution in [3.8, 4) is 0 Å². The lowest BCUT2D eigenvalue weighted by atomic mass is 9.86. The number of allylic oxidation sites excluding steroid dienone is 1. The van der Waals surface area contributed by atoms with Crippen LogP contribution in [0.5, 0.6) is 0 Å². The zero-order valence-electron chi connectivity index (χ0n) is 15.5. The van der Waals surface area contributed by atoms with E-state index in [1.54, 1.807) is 6.26 Å². The fourth-order valence-electron chi connectivity index (χ4n) is 3.53. The summed E-state index contributed by atoms with van der Waals surface area (Å²) in [5.41, 5.74) is 9.05. The molecule has 0 bridgehead atoms. The summed E-state index contributed by atoms with van der Waals surface area (Å²) in [4.78, 5) is 29.2. The van der Waals surface area contributed by atoms with Gasteiger partial charge in [-0.1, -0.05) is 18.2 Å². The van der Waals surface area contributed by atoms with Crippen LogP contribution in [-0.4, -0.2) is 23.0 Å². The molecule has 2 aromatic heterocycles. The minimum absolute atomic E-state index is 0.457. The number of carbonyl (C=O) groups excluding carboxylic acids is 2. The molecule has 0 radical (unpaired) electrons. The molecule has 1 aliphatic rings. The molecular weight excluding hydrogens is 356 g/mol. The highest BCUT2D eigenvalue weighted by Gasteiger charge is 2.27. The van der Waals surface area contributed by atoms with Gasteiger partial charge in [-0.3, -0.25) is 4.79 Å². The highest BCUT2D eigenvalue weighted by atomic mass is 16.5. The first-order valence-electron chi connectivity index (χ1n) is 9.21. The molecule has 1 aliphatic carbocycles. The summed E-state index contributed by atoms with van der Waals surface area (Å²) < 4.78 is 10.8. The second-order valence-corrected chi connectivity index (χ2v) is 6.82. The van der Waals surface area contributed by atoms with Gasteiger partial charge in [0.15, 0.2) is 6.10 Å². The molecule has 142 valence electrons. The number of fused-ring (bicyclic) bond motifs is 2. The van der Waals surface area contributed by atoms with Crippen molar-refractivity contribution in [2.45, 2.75) is 32.3 Å². The molecule has 1 atom stereocenters. The normalized spacial score (nSPS) is 16.0. The largest absolute Gasteiger partial charge is 0.465 e. The third-order valence-electron chi connectivity index (χ3n) is 4.92. The van der Waals surface area contributed by atoms with Crippen LogP contribution >= 0.6 is 0 Å². The molecule has 6 heteroatoms. The first-order valence-corrected chi connectivity index (χ1v) is 9.21. The molecule has 0 fully saturated rings. The lowest BCUT2D eigenvalue weighted by Crippen LogP contribution is -2.31. The Bertz CT molecular complexity index is 1080. The molecule has 6 nitrogen and oxygen atoms in total. The minimum Gasteiger partial charge on any atom is -0.465 e.